The van der Waals surface area contributed by atoms with Gasteiger partial charge in [0.25, 0.3) is 0 Å². The molecule has 0 aromatic rings. The van der Waals surface area contributed by atoms with Crippen LogP contribution in [0.2, 0.25) is 0 Å². The van der Waals surface area contributed by atoms with Crippen molar-refractivity contribution in [1.82, 2.24) is 10.6 Å². The maximum Gasteiger partial charge on any atom is 0.123 e. The zero-order valence-electron chi connectivity index (χ0n) is 7.18. The maximum absolute atomic E-state index is 5.28. The maximum atomic E-state index is 5.28. The Morgan fingerprint density at radius 2 is 2.58 bits per heavy atom. The molecule has 0 aliphatic carbocycles. The average Bonchev–Trinajstić information content (AvgIpc) is 2.59. The Labute approximate surface area is 72.4 Å². The zero-order valence-corrected chi connectivity index (χ0v) is 7.18. The second-order valence-corrected chi connectivity index (χ2v) is 3.22. The number of aliphatic imine (C=N–C) groups is 1. The summed E-state index contributed by atoms with van der Waals surface area (Å²) in [5.41, 5.74) is 0. The predicted molar refractivity (Wildman–Crippen MR) is 47.5 cm³/mol. The second kappa shape index (κ2) is 3.87. The Morgan fingerprint density at radius 3 is 3.25 bits per heavy atom. The first-order valence-corrected chi connectivity index (χ1v) is 4.53. The summed E-state index contributed by atoms with van der Waals surface area (Å²) in [7, 11) is 0. The van der Waals surface area contributed by atoms with Crippen molar-refractivity contribution < 1.29 is 4.74 Å². The van der Waals surface area contributed by atoms with E-state index in [9.17, 15) is 0 Å². The van der Waals surface area contributed by atoms with Gasteiger partial charge in [0, 0.05) is 12.6 Å². The third kappa shape index (κ3) is 1.95. The normalized spacial score (nSPS) is 30.0. The lowest BCUT2D eigenvalue weighted by atomic mass is 10.2. The van der Waals surface area contributed by atoms with E-state index in [1.165, 1.54) is 6.42 Å². The van der Waals surface area contributed by atoms with Crippen LogP contribution in [0.15, 0.2) is 4.99 Å². The number of rotatable bonds is 1. The van der Waals surface area contributed by atoms with Crippen molar-refractivity contribution in [3.63, 3.8) is 0 Å². The molecule has 1 fully saturated rings. The molecule has 68 valence electrons. The summed E-state index contributed by atoms with van der Waals surface area (Å²) in [6, 6.07) is 0.561. The van der Waals surface area contributed by atoms with E-state index in [1.54, 1.807) is 0 Å². The molecule has 4 nitrogen and oxygen atoms in total. The van der Waals surface area contributed by atoms with Crippen LogP contribution in [0.1, 0.15) is 6.42 Å². The van der Waals surface area contributed by atoms with Crippen molar-refractivity contribution in [2.75, 3.05) is 32.8 Å². The summed E-state index contributed by atoms with van der Waals surface area (Å²) in [5.74, 6) is 1.02. The third-order valence-corrected chi connectivity index (χ3v) is 2.21. The van der Waals surface area contributed by atoms with Crippen molar-refractivity contribution in [2.45, 2.75) is 12.5 Å². The molecule has 0 bridgehead atoms. The Balaban J connectivity index is 1.80. The quantitative estimate of drug-likeness (QED) is 0.549. The van der Waals surface area contributed by atoms with Gasteiger partial charge >= 0.3 is 0 Å². The van der Waals surface area contributed by atoms with Crippen LogP contribution in [-0.2, 0) is 4.74 Å². The van der Waals surface area contributed by atoms with Gasteiger partial charge in [0.2, 0.25) is 0 Å². The van der Waals surface area contributed by atoms with Crippen molar-refractivity contribution in [3.8, 4) is 0 Å². The van der Waals surface area contributed by atoms with Crippen LogP contribution < -0.4 is 10.6 Å². The van der Waals surface area contributed by atoms with Crippen molar-refractivity contribution in [1.29, 1.82) is 0 Å². The average molecular weight is 169 g/mol. The molecule has 1 saturated heterocycles. The molecule has 0 amide bonds. The standard InChI is InChI=1S/C8H15N3O/c1-2-9-5-7(1)11-8-6-12-4-3-10-8/h7,9H,1-6H2,(H,10,11). The summed E-state index contributed by atoms with van der Waals surface area (Å²) in [5, 5.41) is 6.68. The van der Waals surface area contributed by atoms with Crippen LogP contribution in [-0.4, -0.2) is 44.7 Å². The van der Waals surface area contributed by atoms with Crippen LogP contribution in [0.5, 0.6) is 0 Å². The molecular weight excluding hydrogens is 154 g/mol. The van der Waals surface area contributed by atoms with Gasteiger partial charge in [-0.2, -0.15) is 0 Å². The summed E-state index contributed by atoms with van der Waals surface area (Å²) in [6.07, 6.45) is 1.19. The minimum atomic E-state index is 0.561. The van der Waals surface area contributed by atoms with E-state index in [0.29, 0.717) is 12.6 Å². The topological polar surface area (TPSA) is 45.6 Å². The minimum Gasteiger partial charge on any atom is -0.372 e. The van der Waals surface area contributed by atoms with E-state index >= 15 is 0 Å². The zero-order chi connectivity index (χ0) is 8.23. The lowest BCUT2D eigenvalue weighted by Gasteiger charge is -2.18. The number of ether oxygens (including phenoxy) is 1. The molecule has 4 heteroatoms. The van der Waals surface area contributed by atoms with Gasteiger partial charge in [0.15, 0.2) is 0 Å². The fraction of sp³-hybridized carbons (Fsp3) is 0.875. The minimum absolute atomic E-state index is 0.561. The highest BCUT2D eigenvalue weighted by Crippen LogP contribution is 1.98. The highest BCUT2D eigenvalue weighted by Gasteiger charge is 2.16. The largest absolute Gasteiger partial charge is 0.372 e. The van der Waals surface area contributed by atoms with Crippen molar-refractivity contribution >= 4 is 5.84 Å². The van der Waals surface area contributed by atoms with E-state index in [4.69, 9.17) is 4.74 Å². The lowest BCUT2D eigenvalue weighted by Crippen LogP contribution is -2.40. The summed E-state index contributed by atoms with van der Waals surface area (Å²) >= 11 is 0. The number of nitrogens with one attached hydrogen (secondary N) is 2. The molecule has 0 aromatic heterocycles. The van der Waals surface area contributed by atoms with E-state index in [-0.39, 0.29) is 0 Å². The molecule has 2 aliphatic heterocycles. The van der Waals surface area contributed by atoms with Crippen LogP contribution in [0.4, 0.5) is 0 Å². The molecule has 0 saturated carbocycles. The van der Waals surface area contributed by atoms with Gasteiger partial charge in [-0.15, -0.1) is 0 Å². The molecule has 2 N–H and O–H groups in total. The van der Waals surface area contributed by atoms with Crippen LogP contribution in [0, 0.1) is 0 Å². The summed E-state index contributed by atoms with van der Waals surface area (Å²) < 4.78 is 5.28. The molecule has 12 heavy (non-hydrogen) atoms. The van der Waals surface area contributed by atoms with Gasteiger partial charge in [-0.25, -0.2) is 0 Å². The molecule has 0 spiro atoms. The number of hydrogen-bond acceptors (Lipinski definition) is 4. The Morgan fingerprint density at radius 1 is 1.58 bits per heavy atom. The van der Waals surface area contributed by atoms with Gasteiger partial charge in [-0.3, -0.25) is 4.99 Å². The monoisotopic (exact) mass is 169 g/mol. The van der Waals surface area contributed by atoms with E-state index in [0.717, 1.165) is 32.1 Å². The Bertz CT molecular complexity index is 175. The van der Waals surface area contributed by atoms with Crippen molar-refractivity contribution in [2.24, 2.45) is 4.99 Å². The van der Waals surface area contributed by atoms with Crippen LogP contribution in [0.25, 0.3) is 0 Å². The van der Waals surface area contributed by atoms with Gasteiger partial charge in [0.05, 0.1) is 13.2 Å². The predicted octanol–water partition coefficient (Wildman–Crippen LogP) is -0.633. The number of amidine groups is 1. The van der Waals surface area contributed by atoms with Crippen LogP contribution >= 0.6 is 0 Å². The Hall–Kier alpha value is -0.610. The van der Waals surface area contributed by atoms with E-state index < -0.39 is 0 Å². The van der Waals surface area contributed by atoms with Gasteiger partial charge < -0.3 is 15.4 Å². The molecule has 0 radical (unpaired) electrons. The molecule has 1 atom stereocenters. The lowest BCUT2D eigenvalue weighted by molar-refractivity contribution is 0.167. The second-order valence-electron chi connectivity index (χ2n) is 3.22. The smallest absolute Gasteiger partial charge is 0.123 e. The molecule has 2 heterocycles. The number of nitrogens with zero attached hydrogens (tertiary/aromatic N) is 1. The van der Waals surface area contributed by atoms with Gasteiger partial charge in [-0.1, -0.05) is 0 Å². The number of hydrogen-bond donors (Lipinski definition) is 2. The van der Waals surface area contributed by atoms with Crippen LogP contribution in [0.3, 0.4) is 0 Å². The van der Waals surface area contributed by atoms with E-state index in [2.05, 4.69) is 15.6 Å². The molecular formula is C8H15N3O. The van der Waals surface area contributed by atoms with E-state index in [1.807, 2.05) is 0 Å². The van der Waals surface area contributed by atoms with Crippen molar-refractivity contribution in [3.05, 3.63) is 0 Å². The highest BCUT2D eigenvalue weighted by molar-refractivity contribution is 5.84. The SMILES string of the molecule is C1COCC(NC2CCNC2)=N1. The first kappa shape index (κ1) is 8.01. The highest BCUT2D eigenvalue weighted by atomic mass is 16.5. The molecule has 2 aliphatic rings. The first-order valence-electron chi connectivity index (χ1n) is 4.53. The molecule has 2 rings (SSSR count). The first-order chi connectivity index (χ1) is 5.95. The third-order valence-electron chi connectivity index (χ3n) is 2.21. The summed E-state index contributed by atoms with van der Waals surface area (Å²) in [4.78, 5) is 4.35. The van der Waals surface area contributed by atoms with Gasteiger partial charge in [-0.05, 0) is 13.0 Å². The fourth-order valence-electron chi connectivity index (χ4n) is 1.56. The molecule has 1 unspecified atom stereocenters. The summed E-state index contributed by atoms with van der Waals surface area (Å²) in [6.45, 7) is 4.41. The fourth-order valence-corrected chi connectivity index (χ4v) is 1.56. The molecule has 0 aromatic carbocycles. The Kier molecular flexibility index (Phi) is 2.58. The van der Waals surface area contributed by atoms with Gasteiger partial charge in [0.1, 0.15) is 12.4 Å².